The van der Waals surface area contributed by atoms with Gasteiger partial charge in [-0.3, -0.25) is 9.69 Å². The van der Waals surface area contributed by atoms with Crippen LogP contribution in [0, 0.1) is 5.92 Å². The minimum absolute atomic E-state index is 0.0709. The fourth-order valence-electron chi connectivity index (χ4n) is 3.32. The molecule has 0 aromatic rings. The number of hydrogen-bond acceptors (Lipinski definition) is 5. The van der Waals surface area contributed by atoms with Crippen LogP contribution in [0.3, 0.4) is 0 Å². The Hall–Kier alpha value is -0.700. The summed E-state index contributed by atoms with van der Waals surface area (Å²) in [5.74, 6) is 0.608. The number of morpholine rings is 1. The van der Waals surface area contributed by atoms with Gasteiger partial charge in [-0.15, -0.1) is 0 Å². The van der Waals surface area contributed by atoms with Crippen molar-refractivity contribution in [1.29, 1.82) is 0 Å². The van der Waals surface area contributed by atoms with Crippen LogP contribution in [0.25, 0.3) is 0 Å². The molecule has 0 saturated carbocycles. The van der Waals surface area contributed by atoms with Crippen LogP contribution in [-0.4, -0.2) is 93.7 Å². The van der Waals surface area contributed by atoms with E-state index in [1.165, 1.54) is 17.0 Å². The van der Waals surface area contributed by atoms with E-state index in [1.807, 2.05) is 4.90 Å². The number of amides is 1. The molecule has 140 valence electrons. The van der Waals surface area contributed by atoms with Crippen molar-refractivity contribution in [2.24, 2.45) is 5.92 Å². The average molecular weight is 362 g/mol. The van der Waals surface area contributed by atoms with E-state index in [9.17, 15) is 13.2 Å². The molecule has 2 saturated heterocycles. The van der Waals surface area contributed by atoms with Gasteiger partial charge in [0.1, 0.15) is 0 Å². The zero-order valence-corrected chi connectivity index (χ0v) is 15.8. The second-order valence-corrected chi connectivity index (χ2v) is 8.94. The van der Waals surface area contributed by atoms with E-state index in [1.54, 1.807) is 0 Å². The van der Waals surface area contributed by atoms with Gasteiger partial charge < -0.3 is 9.64 Å². The van der Waals surface area contributed by atoms with Crippen molar-refractivity contribution in [3.05, 3.63) is 0 Å². The number of hydrogen-bond donors (Lipinski definition) is 0. The second-order valence-electron chi connectivity index (χ2n) is 6.95. The average Bonchev–Trinajstić information content (AvgIpc) is 2.54. The van der Waals surface area contributed by atoms with Gasteiger partial charge in [0.05, 0.1) is 19.5 Å². The topological polar surface area (TPSA) is 70.2 Å². The summed E-state index contributed by atoms with van der Waals surface area (Å²) in [7, 11) is -3.30. The van der Waals surface area contributed by atoms with Crippen LogP contribution in [0.4, 0.5) is 0 Å². The summed E-state index contributed by atoms with van der Waals surface area (Å²) in [6.45, 7) is 8.21. The SMILES string of the molecule is CC1CCCN(C(=O)CCN(CCN2CCOCC2)S(C)(=O)=O)C1. The Bertz CT molecular complexity index is 505. The first-order valence-electron chi connectivity index (χ1n) is 8.89. The van der Waals surface area contributed by atoms with Crippen molar-refractivity contribution in [3.63, 3.8) is 0 Å². The number of carbonyl (C=O) groups is 1. The molecule has 1 amide bonds. The number of nitrogens with zero attached hydrogens (tertiary/aromatic N) is 3. The van der Waals surface area contributed by atoms with Gasteiger partial charge in [-0.2, -0.15) is 0 Å². The molecular weight excluding hydrogens is 330 g/mol. The molecule has 24 heavy (non-hydrogen) atoms. The van der Waals surface area contributed by atoms with E-state index in [0.717, 1.165) is 32.6 Å². The van der Waals surface area contributed by atoms with E-state index in [-0.39, 0.29) is 18.9 Å². The van der Waals surface area contributed by atoms with Gasteiger partial charge >= 0.3 is 0 Å². The Kier molecular flexibility index (Phi) is 7.46. The highest BCUT2D eigenvalue weighted by molar-refractivity contribution is 7.88. The molecule has 2 aliphatic rings. The Morgan fingerprint density at radius 3 is 2.54 bits per heavy atom. The van der Waals surface area contributed by atoms with Crippen molar-refractivity contribution < 1.29 is 17.9 Å². The van der Waals surface area contributed by atoms with Gasteiger partial charge in [0, 0.05) is 52.2 Å². The van der Waals surface area contributed by atoms with Gasteiger partial charge in [0.25, 0.3) is 0 Å². The zero-order valence-electron chi connectivity index (χ0n) is 14.9. The highest BCUT2D eigenvalue weighted by Crippen LogP contribution is 2.16. The summed E-state index contributed by atoms with van der Waals surface area (Å²) in [4.78, 5) is 16.4. The maximum absolute atomic E-state index is 12.4. The molecule has 0 aliphatic carbocycles. The van der Waals surface area contributed by atoms with Crippen LogP contribution in [0.15, 0.2) is 0 Å². The highest BCUT2D eigenvalue weighted by atomic mass is 32.2. The number of rotatable bonds is 7. The molecule has 0 aromatic heterocycles. The Morgan fingerprint density at radius 1 is 1.21 bits per heavy atom. The monoisotopic (exact) mass is 361 g/mol. The first-order valence-corrected chi connectivity index (χ1v) is 10.7. The normalized spacial score (nSPS) is 23.6. The molecule has 0 bridgehead atoms. The lowest BCUT2D eigenvalue weighted by molar-refractivity contribution is -0.133. The summed E-state index contributed by atoms with van der Waals surface area (Å²) >= 11 is 0. The van der Waals surface area contributed by atoms with Crippen molar-refractivity contribution in [3.8, 4) is 0 Å². The standard InChI is InChI=1S/C16H31N3O4S/c1-15-4-3-6-18(14-15)16(20)5-7-19(24(2,21)22)9-8-17-10-12-23-13-11-17/h15H,3-14H2,1-2H3. The van der Waals surface area contributed by atoms with E-state index < -0.39 is 10.0 Å². The molecule has 2 rings (SSSR count). The lowest BCUT2D eigenvalue weighted by atomic mass is 10.00. The number of carbonyl (C=O) groups excluding carboxylic acids is 1. The summed E-state index contributed by atoms with van der Waals surface area (Å²) in [5, 5.41) is 0. The lowest BCUT2D eigenvalue weighted by Gasteiger charge is -2.32. The third kappa shape index (κ3) is 6.31. The summed E-state index contributed by atoms with van der Waals surface area (Å²) in [6, 6.07) is 0. The van der Waals surface area contributed by atoms with Crippen molar-refractivity contribution in [2.75, 3.05) is 65.3 Å². The van der Waals surface area contributed by atoms with Crippen molar-refractivity contribution in [2.45, 2.75) is 26.2 Å². The first-order chi connectivity index (χ1) is 11.4. The quantitative estimate of drug-likeness (QED) is 0.649. The molecule has 8 heteroatoms. The van der Waals surface area contributed by atoms with Crippen LogP contribution in [0.2, 0.25) is 0 Å². The van der Waals surface area contributed by atoms with Crippen molar-refractivity contribution >= 4 is 15.9 Å². The van der Waals surface area contributed by atoms with Crippen LogP contribution in [-0.2, 0) is 19.6 Å². The zero-order chi connectivity index (χ0) is 17.6. The molecular formula is C16H31N3O4S. The largest absolute Gasteiger partial charge is 0.379 e. The maximum atomic E-state index is 12.4. The van der Waals surface area contributed by atoms with Crippen LogP contribution in [0.1, 0.15) is 26.2 Å². The predicted molar refractivity (Wildman–Crippen MR) is 93.3 cm³/mol. The van der Waals surface area contributed by atoms with E-state index in [4.69, 9.17) is 4.74 Å². The molecule has 2 heterocycles. The molecule has 2 fully saturated rings. The maximum Gasteiger partial charge on any atom is 0.223 e. The van der Waals surface area contributed by atoms with Crippen LogP contribution in [0.5, 0.6) is 0 Å². The van der Waals surface area contributed by atoms with E-state index in [0.29, 0.717) is 32.2 Å². The fraction of sp³-hybridized carbons (Fsp3) is 0.938. The molecule has 0 N–H and O–H groups in total. The smallest absolute Gasteiger partial charge is 0.223 e. The second kappa shape index (κ2) is 9.12. The molecule has 1 atom stereocenters. The fourth-order valence-corrected chi connectivity index (χ4v) is 4.15. The summed E-state index contributed by atoms with van der Waals surface area (Å²) in [6.07, 6.45) is 3.70. The highest BCUT2D eigenvalue weighted by Gasteiger charge is 2.24. The Balaban J connectivity index is 1.81. The molecule has 7 nitrogen and oxygen atoms in total. The van der Waals surface area contributed by atoms with E-state index in [2.05, 4.69) is 11.8 Å². The van der Waals surface area contributed by atoms with Crippen molar-refractivity contribution in [1.82, 2.24) is 14.1 Å². The molecule has 1 unspecified atom stereocenters. The predicted octanol–water partition coefficient (Wildman–Crippen LogP) is 0.229. The lowest BCUT2D eigenvalue weighted by Crippen LogP contribution is -2.44. The minimum atomic E-state index is -3.30. The molecule has 2 aliphatic heterocycles. The summed E-state index contributed by atoms with van der Waals surface area (Å²) in [5.41, 5.74) is 0. The Morgan fingerprint density at radius 2 is 1.92 bits per heavy atom. The third-order valence-electron chi connectivity index (χ3n) is 4.82. The molecule has 0 aromatic carbocycles. The van der Waals surface area contributed by atoms with Crippen LogP contribution < -0.4 is 0 Å². The van der Waals surface area contributed by atoms with Gasteiger partial charge in [-0.05, 0) is 18.8 Å². The first kappa shape index (κ1) is 19.6. The van der Waals surface area contributed by atoms with Gasteiger partial charge in [-0.25, -0.2) is 12.7 Å². The molecule has 0 spiro atoms. The van der Waals surface area contributed by atoms with Gasteiger partial charge in [0.2, 0.25) is 15.9 Å². The van der Waals surface area contributed by atoms with Gasteiger partial charge in [0.15, 0.2) is 0 Å². The minimum Gasteiger partial charge on any atom is -0.379 e. The number of likely N-dealkylation sites (tertiary alicyclic amines) is 1. The number of ether oxygens (including phenoxy) is 1. The molecule has 0 radical (unpaired) electrons. The third-order valence-corrected chi connectivity index (χ3v) is 6.13. The number of piperidine rings is 1. The Labute approximate surface area is 146 Å². The summed E-state index contributed by atoms with van der Waals surface area (Å²) < 4.78 is 30.7. The van der Waals surface area contributed by atoms with E-state index >= 15 is 0 Å². The van der Waals surface area contributed by atoms with Gasteiger partial charge in [-0.1, -0.05) is 6.92 Å². The number of sulfonamides is 1. The van der Waals surface area contributed by atoms with Crippen LogP contribution >= 0.6 is 0 Å².